The Kier molecular flexibility index (Phi) is 3.59. The lowest BCUT2D eigenvalue weighted by Gasteiger charge is -2.07. The summed E-state index contributed by atoms with van der Waals surface area (Å²) in [6, 6.07) is 9.86. The van der Waals surface area contributed by atoms with E-state index in [-0.39, 0.29) is 0 Å². The third-order valence-corrected chi connectivity index (χ3v) is 2.63. The third kappa shape index (κ3) is 3.17. The van der Waals surface area contributed by atoms with Gasteiger partial charge < -0.3 is 5.32 Å². The molecule has 4 heteroatoms. The van der Waals surface area contributed by atoms with E-state index in [1.54, 1.807) is 0 Å². The van der Waals surface area contributed by atoms with Gasteiger partial charge in [0.1, 0.15) is 0 Å². The van der Waals surface area contributed by atoms with Gasteiger partial charge in [0.15, 0.2) is 0 Å². The number of alkyl halides is 1. The maximum Gasteiger partial charge on any atom is 0.227 e. The first-order valence-corrected chi connectivity index (χ1v) is 5.95. The van der Waals surface area contributed by atoms with Gasteiger partial charge in [-0.1, -0.05) is 12.1 Å². The van der Waals surface area contributed by atoms with Crippen molar-refractivity contribution in [1.29, 1.82) is 0 Å². The zero-order valence-electron chi connectivity index (χ0n) is 9.87. The van der Waals surface area contributed by atoms with Crippen LogP contribution in [-0.4, -0.2) is 9.97 Å². The minimum atomic E-state index is 0.503. The highest BCUT2D eigenvalue weighted by Gasteiger charge is 2.00. The molecule has 0 spiro atoms. The topological polar surface area (TPSA) is 37.8 Å². The molecular weight excluding hydrogens is 234 g/mol. The van der Waals surface area contributed by atoms with E-state index in [1.807, 2.05) is 44.2 Å². The highest BCUT2D eigenvalue weighted by molar-refractivity contribution is 6.17. The maximum atomic E-state index is 5.79. The molecule has 2 rings (SSSR count). The Morgan fingerprint density at radius 3 is 2.47 bits per heavy atom. The van der Waals surface area contributed by atoms with Crippen LogP contribution in [0.5, 0.6) is 0 Å². The van der Waals surface area contributed by atoms with Gasteiger partial charge in [-0.05, 0) is 37.6 Å². The zero-order chi connectivity index (χ0) is 12.3. The molecule has 0 aliphatic heterocycles. The van der Waals surface area contributed by atoms with Crippen LogP contribution in [0.3, 0.4) is 0 Å². The molecule has 0 aliphatic carbocycles. The summed E-state index contributed by atoms with van der Waals surface area (Å²) < 4.78 is 0. The lowest BCUT2D eigenvalue weighted by atomic mass is 10.2. The fraction of sp³-hybridized carbons (Fsp3) is 0.231. The van der Waals surface area contributed by atoms with Crippen molar-refractivity contribution in [3.8, 4) is 0 Å². The Morgan fingerprint density at radius 1 is 1.12 bits per heavy atom. The Bertz CT molecular complexity index is 506. The molecule has 0 unspecified atom stereocenters. The molecule has 88 valence electrons. The first-order chi connectivity index (χ1) is 8.17. The molecule has 3 nitrogen and oxygen atoms in total. The fourth-order valence-electron chi connectivity index (χ4n) is 1.64. The van der Waals surface area contributed by atoms with Gasteiger partial charge in [0.2, 0.25) is 5.95 Å². The molecule has 0 aliphatic rings. The Morgan fingerprint density at radius 2 is 1.82 bits per heavy atom. The van der Waals surface area contributed by atoms with Crippen molar-refractivity contribution in [2.45, 2.75) is 19.7 Å². The highest BCUT2D eigenvalue weighted by atomic mass is 35.5. The minimum Gasteiger partial charge on any atom is -0.324 e. The number of hydrogen-bond donors (Lipinski definition) is 1. The number of anilines is 2. The first kappa shape index (κ1) is 11.9. The molecule has 0 atom stereocenters. The number of hydrogen-bond acceptors (Lipinski definition) is 3. The lowest BCUT2D eigenvalue weighted by molar-refractivity contribution is 1.06. The molecule has 2 aromatic rings. The SMILES string of the molecule is Cc1cc(C)nc(Nc2cccc(CCl)c2)n1. The fourth-order valence-corrected chi connectivity index (χ4v) is 1.81. The summed E-state index contributed by atoms with van der Waals surface area (Å²) in [5.41, 5.74) is 3.93. The van der Waals surface area contributed by atoms with Crippen molar-refractivity contribution in [3.05, 3.63) is 47.3 Å². The van der Waals surface area contributed by atoms with Crippen LogP contribution in [0.1, 0.15) is 17.0 Å². The Balaban J connectivity index is 2.24. The second kappa shape index (κ2) is 5.15. The van der Waals surface area contributed by atoms with E-state index in [0.29, 0.717) is 11.8 Å². The van der Waals surface area contributed by atoms with Crippen molar-refractivity contribution in [2.24, 2.45) is 0 Å². The molecule has 0 saturated heterocycles. The van der Waals surface area contributed by atoms with E-state index >= 15 is 0 Å². The maximum absolute atomic E-state index is 5.79. The van der Waals surface area contributed by atoms with Gasteiger partial charge in [-0.25, -0.2) is 9.97 Å². The van der Waals surface area contributed by atoms with E-state index in [9.17, 15) is 0 Å². The summed E-state index contributed by atoms with van der Waals surface area (Å²) in [6.45, 7) is 3.91. The van der Waals surface area contributed by atoms with Gasteiger partial charge in [-0.15, -0.1) is 11.6 Å². The molecule has 1 aromatic heterocycles. The lowest BCUT2D eigenvalue weighted by Crippen LogP contribution is -2.00. The summed E-state index contributed by atoms with van der Waals surface area (Å²) in [4.78, 5) is 8.66. The number of nitrogens with one attached hydrogen (secondary N) is 1. The average Bonchev–Trinajstić information content (AvgIpc) is 2.28. The van der Waals surface area contributed by atoms with E-state index in [2.05, 4.69) is 15.3 Å². The number of aromatic nitrogens is 2. The summed E-state index contributed by atoms with van der Waals surface area (Å²) in [6.07, 6.45) is 0. The van der Waals surface area contributed by atoms with Crippen molar-refractivity contribution in [3.63, 3.8) is 0 Å². The molecule has 17 heavy (non-hydrogen) atoms. The van der Waals surface area contributed by atoms with E-state index in [0.717, 1.165) is 22.6 Å². The second-order valence-electron chi connectivity index (χ2n) is 3.93. The van der Waals surface area contributed by atoms with Crippen LogP contribution in [-0.2, 0) is 5.88 Å². The van der Waals surface area contributed by atoms with Gasteiger partial charge in [0.25, 0.3) is 0 Å². The average molecular weight is 248 g/mol. The van der Waals surface area contributed by atoms with E-state index in [4.69, 9.17) is 11.6 Å². The van der Waals surface area contributed by atoms with Crippen molar-refractivity contribution < 1.29 is 0 Å². The summed E-state index contributed by atoms with van der Waals surface area (Å²) in [5, 5.41) is 3.18. The first-order valence-electron chi connectivity index (χ1n) is 5.41. The second-order valence-corrected chi connectivity index (χ2v) is 4.20. The van der Waals surface area contributed by atoms with Crippen LogP contribution in [0.2, 0.25) is 0 Å². The van der Waals surface area contributed by atoms with Crippen LogP contribution < -0.4 is 5.32 Å². The molecule has 1 heterocycles. The number of benzene rings is 1. The Labute approximate surface area is 106 Å². The van der Waals surface area contributed by atoms with Crippen molar-refractivity contribution >= 4 is 23.2 Å². The van der Waals surface area contributed by atoms with Crippen LogP contribution in [0.4, 0.5) is 11.6 Å². The molecule has 0 bridgehead atoms. The molecular formula is C13H14ClN3. The molecule has 1 N–H and O–H groups in total. The zero-order valence-corrected chi connectivity index (χ0v) is 10.6. The van der Waals surface area contributed by atoms with E-state index < -0.39 is 0 Å². The predicted molar refractivity (Wildman–Crippen MR) is 70.8 cm³/mol. The summed E-state index contributed by atoms with van der Waals surface area (Å²) >= 11 is 5.79. The van der Waals surface area contributed by atoms with Gasteiger partial charge >= 0.3 is 0 Å². The highest BCUT2D eigenvalue weighted by Crippen LogP contribution is 2.16. The largest absolute Gasteiger partial charge is 0.324 e. The number of aryl methyl sites for hydroxylation is 2. The molecule has 0 fully saturated rings. The smallest absolute Gasteiger partial charge is 0.227 e. The summed E-state index contributed by atoms with van der Waals surface area (Å²) in [7, 11) is 0. The molecule has 1 aromatic carbocycles. The molecule has 0 radical (unpaired) electrons. The standard InChI is InChI=1S/C13H14ClN3/c1-9-6-10(2)16-13(15-9)17-12-5-3-4-11(7-12)8-14/h3-7H,8H2,1-2H3,(H,15,16,17). The van der Waals surface area contributed by atoms with Gasteiger partial charge in [-0.3, -0.25) is 0 Å². The van der Waals surface area contributed by atoms with Gasteiger partial charge in [0, 0.05) is 23.0 Å². The van der Waals surface area contributed by atoms with Crippen LogP contribution in [0.15, 0.2) is 30.3 Å². The number of halogens is 1. The quantitative estimate of drug-likeness (QED) is 0.843. The molecule has 0 amide bonds. The van der Waals surface area contributed by atoms with Crippen LogP contribution >= 0.6 is 11.6 Å². The van der Waals surface area contributed by atoms with Crippen LogP contribution in [0.25, 0.3) is 0 Å². The van der Waals surface area contributed by atoms with Gasteiger partial charge in [-0.2, -0.15) is 0 Å². The van der Waals surface area contributed by atoms with Crippen LogP contribution in [0, 0.1) is 13.8 Å². The number of rotatable bonds is 3. The van der Waals surface area contributed by atoms with Gasteiger partial charge in [0.05, 0.1) is 0 Å². The van der Waals surface area contributed by atoms with Crippen molar-refractivity contribution in [2.75, 3.05) is 5.32 Å². The third-order valence-electron chi connectivity index (χ3n) is 2.32. The Hall–Kier alpha value is -1.61. The normalized spacial score (nSPS) is 10.3. The predicted octanol–water partition coefficient (Wildman–Crippen LogP) is 3.58. The molecule has 0 saturated carbocycles. The number of nitrogens with zero attached hydrogens (tertiary/aromatic N) is 2. The minimum absolute atomic E-state index is 0.503. The monoisotopic (exact) mass is 247 g/mol. The summed E-state index contributed by atoms with van der Waals surface area (Å²) in [5.74, 6) is 1.12. The van der Waals surface area contributed by atoms with E-state index in [1.165, 1.54) is 0 Å². The van der Waals surface area contributed by atoms with Crippen molar-refractivity contribution in [1.82, 2.24) is 9.97 Å².